The topological polar surface area (TPSA) is 76.1 Å². The van der Waals surface area contributed by atoms with Crippen LogP contribution in [-0.4, -0.2) is 58.9 Å². The maximum atomic E-state index is 12.1. The van der Waals surface area contributed by atoms with Gasteiger partial charge in [0.25, 0.3) is 0 Å². The molecular weight excluding hydrogens is 274 g/mol. The van der Waals surface area contributed by atoms with E-state index in [9.17, 15) is 14.7 Å². The third-order valence-electron chi connectivity index (χ3n) is 4.02. The van der Waals surface area contributed by atoms with E-state index in [4.69, 9.17) is 9.47 Å². The molecule has 120 valence electrons. The van der Waals surface area contributed by atoms with Gasteiger partial charge in [-0.3, -0.25) is 9.59 Å². The van der Waals surface area contributed by atoms with E-state index in [1.807, 2.05) is 20.8 Å². The SMILES string of the molecule is CC(=O)N1CC[C@H](OC(C)(C)C)[C@H]1[C@@H]1C(=O)OCC[C@@H]1O. The minimum Gasteiger partial charge on any atom is -0.465 e. The number of hydrogen-bond donors (Lipinski definition) is 1. The summed E-state index contributed by atoms with van der Waals surface area (Å²) < 4.78 is 11.1. The van der Waals surface area contributed by atoms with Crippen LogP contribution in [0.15, 0.2) is 0 Å². The van der Waals surface area contributed by atoms with E-state index in [0.29, 0.717) is 19.4 Å². The van der Waals surface area contributed by atoms with Crippen LogP contribution < -0.4 is 0 Å². The molecule has 0 aromatic rings. The normalized spacial score (nSPS) is 34.0. The van der Waals surface area contributed by atoms with Gasteiger partial charge in [0.05, 0.1) is 30.5 Å². The van der Waals surface area contributed by atoms with Gasteiger partial charge >= 0.3 is 5.97 Å². The van der Waals surface area contributed by atoms with Gasteiger partial charge in [0.1, 0.15) is 5.92 Å². The fraction of sp³-hybridized carbons (Fsp3) is 0.867. The highest BCUT2D eigenvalue weighted by Gasteiger charge is 2.50. The molecule has 21 heavy (non-hydrogen) atoms. The average molecular weight is 299 g/mol. The molecule has 0 aromatic heterocycles. The lowest BCUT2D eigenvalue weighted by Crippen LogP contribution is -2.54. The molecule has 0 saturated carbocycles. The molecule has 2 heterocycles. The number of cyclic esters (lactones) is 1. The Morgan fingerprint density at radius 1 is 1.38 bits per heavy atom. The van der Waals surface area contributed by atoms with Crippen LogP contribution in [0.3, 0.4) is 0 Å². The van der Waals surface area contributed by atoms with Crippen LogP contribution in [0.5, 0.6) is 0 Å². The number of amides is 1. The van der Waals surface area contributed by atoms with Crippen LogP contribution >= 0.6 is 0 Å². The second kappa shape index (κ2) is 5.93. The van der Waals surface area contributed by atoms with Crippen molar-refractivity contribution >= 4 is 11.9 Å². The van der Waals surface area contributed by atoms with Crippen molar-refractivity contribution in [1.82, 2.24) is 4.90 Å². The number of ether oxygens (including phenoxy) is 2. The molecule has 2 aliphatic heterocycles. The number of carbonyl (C=O) groups is 2. The Morgan fingerprint density at radius 2 is 2.05 bits per heavy atom. The fourth-order valence-electron chi connectivity index (χ4n) is 3.24. The van der Waals surface area contributed by atoms with E-state index >= 15 is 0 Å². The molecule has 0 aliphatic carbocycles. The number of esters is 1. The highest BCUT2D eigenvalue weighted by molar-refractivity contribution is 5.78. The van der Waals surface area contributed by atoms with E-state index in [2.05, 4.69) is 0 Å². The largest absolute Gasteiger partial charge is 0.465 e. The van der Waals surface area contributed by atoms with Gasteiger partial charge in [-0.25, -0.2) is 0 Å². The number of nitrogens with zero attached hydrogens (tertiary/aromatic N) is 1. The zero-order valence-corrected chi connectivity index (χ0v) is 13.2. The first-order chi connectivity index (χ1) is 9.70. The van der Waals surface area contributed by atoms with Gasteiger partial charge in [-0.05, 0) is 27.2 Å². The molecule has 0 spiro atoms. The standard InChI is InChI=1S/C15H25NO5/c1-9(17)16-7-5-11(21-15(2,3)4)13(16)12-10(18)6-8-20-14(12)19/h10-13,18H,5-8H2,1-4H3/t10-,11-,12+,13-/m0/s1. The number of carbonyl (C=O) groups excluding carboxylic acids is 2. The molecule has 6 heteroatoms. The van der Waals surface area contributed by atoms with Gasteiger partial charge in [0.2, 0.25) is 5.91 Å². The minimum absolute atomic E-state index is 0.106. The predicted octanol–water partition coefficient (Wildman–Crippen LogP) is 0.715. The maximum absolute atomic E-state index is 12.1. The van der Waals surface area contributed by atoms with Crippen LogP contribution in [0.4, 0.5) is 0 Å². The Hall–Kier alpha value is -1.14. The quantitative estimate of drug-likeness (QED) is 0.760. The molecule has 0 unspecified atom stereocenters. The third-order valence-corrected chi connectivity index (χ3v) is 4.02. The number of hydrogen-bond acceptors (Lipinski definition) is 5. The highest BCUT2D eigenvalue weighted by atomic mass is 16.5. The smallest absolute Gasteiger partial charge is 0.313 e. The van der Waals surface area contributed by atoms with E-state index < -0.39 is 24.0 Å². The first-order valence-electron chi connectivity index (χ1n) is 7.50. The molecular formula is C15H25NO5. The zero-order chi connectivity index (χ0) is 15.8. The van der Waals surface area contributed by atoms with Gasteiger partial charge in [-0.15, -0.1) is 0 Å². The van der Waals surface area contributed by atoms with Crippen LogP contribution in [0.1, 0.15) is 40.5 Å². The van der Waals surface area contributed by atoms with Crippen molar-refractivity contribution in [1.29, 1.82) is 0 Å². The summed E-state index contributed by atoms with van der Waals surface area (Å²) in [5, 5.41) is 10.2. The zero-order valence-electron chi connectivity index (χ0n) is 13.2. The number of aliphatic hydroxyl groups excluding tert-OH is 1. The molecule has 1 N–H and O–H groups in total. The number of likely N-dealkylation sites (tertiary alicyclic amines) is 1. The summed E-state index contributed by atoms with van der Waals surface area (Å²) >= 11 is 0. The lowest BCUT2D eigenvalue weighted by Gasteiger charge is -2.39. The van der Waals surface area contributed by atoms with E-state index in [1.54, 1.807) is 4.90 Å². The highest BCUT2D eigenvalue weighted by Crippen LogP contribution is 2.34. The number of rotatable bonds is 2. The second-order valence-corrected chi connectivity index (χ2v) is 6.81. The summed E-state index contributed by atoms with van der Waals surface area (Å²) in [5.41, 5.74) is -0.376. The maximum Gasteiger partial charge on any atom is 0.313 e. The monoisotopic (exact) mass is 299 g/mol. The fourth-order valence-corrected chi connectivity index (χ4v) is 3.24. The minimum atomic E-state index is -0.790. The molecule has 4 atom stereocenters. The van der Waals surface area contributed by atoms with Crippen molar-refractivity contribution in [2.24, 2.45) is 5.92 Å². The van der Waals surface area contributed by atoms with E-state index in [-0.39, 0.29) is 24.2 Å². The lowest BCUT2D eigenvalue weighted by atomic mass is 9.87. The van der Waals surface area contributed by atoms with Gasteiger partial charge in [0.15, 0.2) is 0 Å². The molecule has 0 aromatic carbocycles. The average Bonchev–Trinajstić information content (AvgIpc) is 2.70. The summed E-state index contributed by atoms with van der Waals surface area (Å²) in [4.78, 5) is 25.6. The Labute approximate surface area is 125 Å². The van der Waals surface area contributed by atoms with E-state index in [0.717, 1.165) is 0 Å². The van der Waals surface area contributed by atoms with Gasteiger partial charge in [-0.2, -0.15) is 0 Å². The predicted molar refractivity (Wildman–Crippen MR) is 75.5 cm³/mol. The summed E-state index contributed by atoms with van der Waals surface area (Å²) in [6.07, 6.45) is 0.0142. The summed E-state index contributed by atoms with van der Waals surface area (Å²) in [6.45, 7) is 8.07. The van der Waals surface area contributed by atoms with E-state index in [1.165, 1.54) is 6.92 Å². The molecule has 2 fully saturated rings. The lowest BCUT2D eigenvalue weighted by molar-refractivity contribution is -0.172. The molecule has 6 nitrogen and oxygen atoms in total. The molecule has 2 rings (SSSR count). The Balaban J connectivity index is 2.27. The van der Waals surface area contributed by atoms with Crippen molar-refractivity contribution < 1.29 is 24.2 Å². The van der Waals surface area contributed by atoms with Crippen LogP contribution in [0.2, 0.25) is 0 Å². The second-order valence-electron chi connectivity index (χ2n) is 6.81. The van der Waals surface area contributed by atoms with Gasteiger partial charge < -0.3 is 19.5 Å². The van der Waals surface area contributed by atoms with Crippen molar-refractivity contribution in [2.45, 2.75) is 64.4 Å². The van der Waals surface area contributed by atoms with Crippen molar-refractivity contribution in [3.63, 3.8) is 0 Å². The molecule has 1 amide bonds. The first-order valence-corrected chi connectivity index (χ1v) is 7.50. The molecule has 2 aliphatic rings. The summed E-state index contributed by atoms with van der Waals surface area (Å²) in [6, 6.07) is -0.454. The van der Waals surface area contributed by atoms with Gasteiger partial charge in [0, 0.05) is 19.9 Å². The molecule has 0 radical (unpaired) electrons. The van der Waals surface area contributed by atoms with Crippen molar-refractivity contribution in [2.75, 3.05) is 13.2 Å². The first kappa shape index (κ1) is 16.2. The Bertz CT molecular complexity index is 417. The summed E-state index contributed by atoms with van der Waals surface area (Å²) in [5.74, 6) is -1.27. The molecule has 2 saturated heterocycles. The number of aliphatic hydroxyl groups is 1. The van der Waals surface area contributed by atoms with Crippen LogP contribution in [0, 0.1) is 5.92 Å². The Kier molecular flexibility index (Phi) is 4.58. The summed E-state index contributed by atoms with van der Waals surface area (Å²) in [7, 11) is 0. The van der Waals surface area contributed by atoms with Crippen LogP contribution in [-0.2, 0) is 19.1 Å². The third kappa shape index (κ3) is 3.55. The molecule has 0 bridgehead atoms. The van der Waals surface area contributed by atoms with Crippen LogP contribution in [0.25, 0.3) is 0 Å². The Morgan fingerprint density at radius 3 is 2.57 bits per heavy atom. The van der Waals surface area contributed by atoms with Gasteiger partial charge in [-0.1, -0.05) is 0 Å². The van der Waals surface area contributed by atoms with Crippen molar-refractivity contribution in [3.05, 3.63) is 0 Å². The van der Waals surface area contributed by atoms with Crippen molar-refractivity contribution in [3.8, 4) is 0 Å².